The van der Waals surface area contributed by atoms with Crippen LogP contribution in [0.3, 0.4) is 0 Å². The molecular weight excluding hydrogens is 264 g/mol. The van der Waals surface area contributed by atoms with Crippen LogP contribution in [-0.2, 0) is 0 Å². The number of likely N-dealkylation sites (tertiary alicyclic amines) is 1. The predicted octanol–water partition coefficient (Wildman–Crippen LogP) is 1.96. The first-order valence-corrected chi connectivity index (χ1v) is 7.57. The van der Waals surface area contributed by atoms with Crippen molar-refractivity contribution in [3.63, 3.8) is 0 Å². The van der Waals surface area contributed by atoms with Crippen molar-refractivity contribution in [3.8, 4) is 0 Å². The minimum Gasteiger partial charge on any atom is -0.399 e. The maximum absolute atomic E-state index is 12.5. The number of hydrogen-bond donors (Lipinski definition) is 3. The Kier molecular flexibility index (Phi) is 3.84. The van der Waals surface area contributed by atoms with Crippen LogP contribution in [0.2, 0.25) is 0 Å². The van der Waals surface area contributed by atoms with E-state index in [1.807, 2.05) is 18.2 Å². The minimum atomic E-state index is -0.0122. The molecule has 5 heteroatoms. The molecule has 1 saturated heterocycles. The van der Waals surface area contributed by atoms with E-state index in [0.29, 0.717) is 11.3 Å². The highest BCUT2D eigenvalue weighted by Crippen LogP contribution is 2.21. The Labute approximate surface area is 124 Å². The molecule has 112 valence electrons. The fraction of sp³-hybridized carbons (Fsp3) is 0.438. The van der Waals surface area contributed by atoms with Crippen LogP contribution in [0.1, 0.15) is 30.1 Å². The molecule has 3 rings (SSSR count). The number of fused-ring (bicyclic) bond motifs is 1. The third-order valence-electron chi connectivity index (χ3n) is 4.32. The predicted molar refractivity (Wildman–Crippen MR) is 85.3 cm³/mol. The standard InChI is InChI=1S/C16H22N4O/c1-2-20-7-5-12(6-8-20)19-16(21)14-10-18-15-4-3-11(17)9-13(14)15/h3-4,9-10,12,18H,2,5-8,17H2,1H3,(H,19,21). The number of nitrogens with two attached hydrogens (primary N) is 1. The van der Waals surface area contributed by atoms with Crippen molar-refractivity contribution in [3.05, 3.63) is 30.0 Å². The minimum absolute atomic E-state index is 0.0122. The molecule has 0 aliphatic carbocycles. The number of H-pyrrole nitrogens is 1. The van der Waals surface area contributed by atoms with Gasteiger partial charge in [0, 0.05) is 41.9 Å². The Bertz CT molecular complexity index is 641. The number of nitrogens with one attached hydrogen (secondary N) is 2. The molecule has 0 bridgehead atoms. The topological polar surface area (TPSA) is 74.2 Å². The summed E-state index contributed by atoms with van der Waals surface area (Å²) in [4.78, 5) is 18.0. The van der Waals surface area contributed by atoms with E-state index in [4.69, 9.17) is 5.73 Å². The molecule has 0 radical (unpaired) electrons. The molecule has 5 nitrogen and oxygen atoms in total. The number of carbonyl (C=O) groups is 1. The Morgan fingerprint density at radius 1 is 1.43 bits per heavy atom. The van der Waals surface area contributed by atoms with Gasteiger partial charge in [-0.1, -0.05) is 6.92 Å². The van der Waals surface area contributed by atoms with Gasteiger partial charge in [0.25, 0.3) is 5.91 Å². The van der Waals surface area contributed by atoms with Crippen LogP contribution < -0.4 is 11.1 Å². The van der Waals surface area contributed by atoms with E-state index in [0.717, 1.165) is 43.4 Å². The number of anilines is 1. The second-order valence-corrected chi connectivity index (χ2v) is 5.69. The molecule has 2 aromatic rings. The van der Waals surface area contributed by atoms with E-state index in [1.54, 1.807) is 6.20 Å². The SMILES string of the molecule is CCN1CCC(NC(=O)c2c[nH]c3ccc(N)cc23)CC1. The normalized spacial score (nSPS) is 17.2. The van der Waals surface area contributed by atoms with Crippen molar-refractivity contribution in [2.45, 2.75) is 25.8 Å². The molecule has 0 unspecified atom stereocenters. The maximum Gasteiger partial charge on any atom is 0.253 e. The second-order valence-electron chi connectivity index (χ2n) is 5.69. The fourth-order valence-corrected chi connectivity index (χ4v) is 2.98. The third-order valence-corrected chi connectivity index (χ3v) is 4.32. The highest BCUT2D eigenvalue weighted by Gasteiger charge is 2.21. The second kappa shape index (κ2) is 5.77. The molecule has 4 N–H and O–H groups in total. The molecule has 1 aromatic heterocycles. The number of hydrogen-bond acceptors (Lipinski definition) is 3. The number of nitrogens with zero attached hydrogens (tertiary/aromatic N) is 1. The first-order chi connectivity index (χ1) is 10.2. The number of benzene rings is 1. The van der Waals surface area contributed by atoms with Gasteiger partial charge in [-0.25, -0.2) is 0 Å². The molecule has 1 aromatic carbocycles. The number of amides is 1. The monoisotopic (exact) mass is 286 g/mol. The highest BCUT2D eigenvalue weighted by molar-refractivity contribution is 6.07. The molecule has 2 heterocycles. The number of carbonyl (C=O) groups excluding carboxylic acids is 1. The molecule has 1 amide bonds. The van der Waals surface area contributed by atoms with E-state index < -0.39 is 0 Å². The van der Waals surface area contributed by atoms with Gasteiger partial charge in [-0.3, -0.25) is 4.79 Å². The Morgan fingerprint density at radius 2 is 2.19 bits per heavy atom. The zero-order chi connectivity index (χ0) is 14.8. The average Bonchev–Trinajstić information content (AvgIpc) is 2.91. The van der Waals surface area contributed by atoms with Gasteiger partial charge < -0.3 is 20.9 Å². The first-order valence-electron chi connectivity index (χ1n) is 7.57. The van der Waals surface area contributed by atoms with Gasteiger partial charge in [-0.05, 0) is 37.6 Å². The third kappa shape index (κ3) is 2.88. The molecule has 1 aliphatic heterocycles. The smallest absolute Gasteiger partial charge is 0.253 e. The summed E-state index contributed by atoms with van der Waals surface area (Å²) in [6.07, 6.45) is 3.80. The summed E-state index contributed by atoms with van der Waals surface area (Å²) in [5, 5.41) is 4.04. The summed E-state index contributed by atoms with van der Waals surface area (Å²) in [5.74, 6) is -0.0122. The van der Waals surface area contributed by atoms with E-state index in [9.17, 15) is 4.79 Å². The van der Waals surface area contributed by atoms with Crippen LogP contribution in [0.15, 0.2) is 24.4 Å². The van der Waals surface area contributed by atoms with Crippen LogP contribution in [0.4, 0.5) is 5.69 Å². The summed E-state index contributed by atoms with van der Waals surface area (Å²) < 4.78 is 0. The van der Waals surface area contributed by atoms with Crippen molar-refractivity contribution >= 4 is 22.5 Å². The summed E-state index contributed by atoms with van der Waals surface area (Å²) >= 11 is 0. The van der Waals surface area contributed by atoms with Gasteiger partial charge in [-0.15, -0.1) is 0 Å². The summed E-state index contributed by atoms with van der Waals surface area (Å²) in [6.45, 7) is 5.38. The number of aromatic nitrogens is 1. The average molecular weight is 286 g/mol. The quantitative estimate of drug-likeness (QED) is 0.755. The summed E-state index contributed by atoms with van der Waals surface area (Å²) in [6, 6.07) is 5.86. The lowest BCUT2D eigenvalue weighted by Crippen LogP contribution is -2.44. The molecule has 1 fully saturated rings. The molecule has 21 heavy (non-hydrogen) atoms. The molecular formula is C16H22N4O. The van der Waals surface area contributed by atoms with E-state index >= 15 is 0 Å². The maximum atomic E-state index is 12.5. The van der Waals surface area contributed by atoms with Crippen molar-refractivity contribution in [1.29, 1.82) is 0 Å². The molecule has 0 atom stereocenters. The van der Waals surface area contributed by atoms with Gasteiger partial charge >= 0.3 is 0 Å². The van der Waals surface area contributed by atoms with Crippen molar-refractivity contribution < 1.29 is 4.79 Å². The van der Waals surface area contributed by atoms with Crippen LogP contribution >= 0.6 is 0 Å². The van der Waals surface area contributed by atoms with Crippen molar-refractivity contribution in [1.82, 2.24) is 15.2 Å². The van der Waals surface area contributed by atoms with Crippen LogP contribution in [-0.4, -0.2) is 41.5 Å². The van der Waals surface area contributed by atoms with Gasteiger partial charge in [0.05, 0.1) is 5.56 Å². The van der Waals surface area contributed by atoms with Crippen molar-refractivity contribution in [2.24, 2.45) is 0 Å². The van der Waals surface area contributed by atoms with Gasteiger partial charge in [0.2, 0.25) is 0 Å². The van der Waals surface area contributed by atoms with Gasteiger partial charge in [0.15, 0.2) is 0 Å². The fourth-order valence-electron chi connectivity index (χ4n) is 2.98. The lowest BCUT2D eigenvalue weighted by molar-refractivity contribution is 0.0914. The number of piperidine rings is 1. The molecule has 0 spiro atoms. The van der Waals surface area contributed by atoms with E-state index in [1.165, 1.54) is 0 Å². The number of rotatable bonds is 3. The summed E-state index contributed by atoms with van der Waals surface area (Å²) in [5.41, 5.74) is 8.11. The van der Waals surface area contributed by atoms with Gasteiger partial charge in [-0.2, -0.15) is 0 Å². The molecule has 1 aliphatic rings. The lowest BCUT2D eigenvalue weighted by Gasteiger charge is -2.31. The lowest BCUT2D eigenvalue weighted by atomic mass is 10.0. The zero-order valence-electron chi connectivity index (χ0n) is 12.4. The molecule has 0 saturated carbocycles. The zero-order valence-corrected chi connectivity index (χ0v) is 12.4. The van der Waals surface area contributed by atoms with Crippen LogP contribution in [0.25, 0.3) is 10.9 Å². The Hall–Kier alpha value is -2.01. The summed E-state index contributed by atoms with van der Waals surface area (Å²) in [7, 11) is 0. The van der Waals surface area contributed by atoms with Gasteiger partial charge in [0.1, 0.15) is 0 Å². The first kappa shape index (κ1) is 13.9. The highest BCUT2D eigenvalue weighted by atomic mass is 16.1. The van der Waals surface area contributed by atoms with Crippen LogP contribution in [0, 0.1) is 0 Å². The van der Waals surface area contributed by atoms with Crippen LogP contribution in [0.5, 0.6) is 0 Å². The van der Waals surface area contributed by atoms with E-state index in [2.05, 4.69) is 22.1 Å². The number of nitrogen functional groups attached to an aromatic ring is 1. The van der Waals surface area contributed by atoms with Crippen molar-refractivity contribution in [2.75, 3.05) is 25.4 Å². The largest absolute Gasteiger partial charge is 0.399 e. The number of aromatic amines is 1. The Morgan fingerprint density at radius 3 is 2.90 bits per heavy atom. The Balaban J connectivity index is 1.71. The van der Waals surface area contributed by atoms with E-state index in [-0.39, 0.29) is 11.9 Å².